The Labute approximate surface area is 118 Å². The predicted molar refractivity (Wildman–Crippen MR) is 79.8 cm³/mol. The number of nitrogens with zero attached hydrogens (tertiary/aromatic N) is 2. The number of hydrogen-bond acceptors (Lipinski definition) is 2. The molecule has 3 aromatic rings. The smallest absolute Gasteiger partial charge is 0.124 e. The van der Waals surface area contributed by atoms with E-state index in [1.165, 1.54) is 0 Å². The van der Waals surface area contributed by atoms with E-state index in [9.17, 15) is 0 Å². The Hall–Kier alpha value is -2.14. The van der Waals surface area contributed by atoms with Gasteiger partial charge in [0.15, 0.2) is 0 Å². The number of imidazole rings is 1. The quantitative estimate of drug-likeness (QED) is 0.564. The number of benzene rings is 2. The van der Waals surface area contributed by atoms with Crippen LogP contribution in [0.3, 0.4) is 0 Å². The maximum atomic E-state index is 7.69. The molecule has 4 nitrogen and oxygen atoms in total. The number of amidine groups is 1. The summed E-state index contributed by atoms with van der Waals surface area (Å²) in [5.41, 5.74) is 9.08. The minimum atomic E-state index is 0.0419. The minimum absolute atomic E-state index is 0.0419. The zero-order valence-electron chi connectivity index (χ0n) is 9.97. The van der Waals surface area contributed by atoms with Crippen molar-refractivity contribution < 1.29 is 0 Å². The van der Waals surface area contributed by atoms with Gasteiger partial charge in [0.25, 0.3) is 0 Å². The lowest BCUT2D eigenvalue weighted by Crippen LogP contribution is -2.14. The molecular formula is C14H11BrN4. The van der Waals surface area contributed by atoms with E-state index in [0.717, 1.165) is 21.2 Å². The third-order valence-corrected chi connectivity index (χ3v) is 3.46. The van der Waals surface area contributed by atoms with E-state index in [-0.39, 0.29) is 5.84 Å². The molecule has 2 aromatic carbocycles. The van der Waals surface area contributed by atoms with Gasteiger partial charge in [-0.15, -0.1) is 0 Å². The van der Waals surface area contributed by atoms with Gasteiger partial charge in [0.1, 0.15) is 12.2 Å². The van der Waals surface area contributed by atoms with Crippen molar-refractivity contribution in [1.82, 2.24) is 9.55 Å². The van der Waals surface area contributed by atoms with Crippen LogP contribution in [0.1, 0.15) is 5.56 Å². The average Bonchev–Trinajstić information content (AvgIpc) is 2.82. The molecule has 3 rings (SSSR count). The van der Waals surface area contributed by atoms with Gasteiger partial charge in [-0.1, -0.05) is 28.1 Å². The Bertz CT molecular complexity index is 776. The number of nitrogen functional groups attached to an aromatic ring is 1. The van der Waals surface area contributed by atoms with Gasteiger partial charge in [-0.3, -0.25) is 9.98 Å². The normalized spacial score (nSPS) is 10.8. The van der Waals surface area contributed by atoms with Crippen molar-refractivity contribution in [2.24, 2.45) is 5.73 Å². The largest absolute Gasteiger partial charge is 0.384 e. The van der Waals surface area contributed by atoms with Crippen molar-refractivity contribution in [3.63, 3.8) is 0 Å². The van der Waals surface area contributed by atoms with Crippen LogP contribution in [0.2, 0.25) is 0 Å². The van der Waals surface area contributed by atoms with Gasteiger partial charge in [0.2, 0.25) is 0 Å². The van der Waals surface area contributed by atoms with Gasteiger partial charge >= 0.3 is 0 Å². The van der Waals surface area contributed by atoms with Crippen LogP contribution in [-0.2, 0) is 0 Å². The highest BCUT2D eigenvalue weighted by atomic mass is 79.9. The van der Waals surface area contributed by atoms with Crippen molar-refractivity contribution >= 4 is 32.8 Å². The molecule has 0 aliphatic heterocycles. The molecule has 19 heavy (non-hydrogen) atoms. The van der Waals surface area contributed by atoms with Crippen LogP contribution < -0.4 is 5.73 Å². The first-order valence-electron chi connectivity index (χ1n) is 5.73. The van der Waals surface area contributed by atoms with Crippen LogP contribution in [0.4, 0.5) is 0 Å². The van der Waals surface area contributed by atoms with Gasteiger partial charge in [-0.2, -0.15) is 0 Å². The Kier molecular flexibility index (Phi) is 2.83. The van der Waals surface area contributed by atoms with Gasteiger partial charge < -0.3 is 5.73 Å². The standard InChI is InChI=1S/C14H11BrN4/c15-9-5-6-10(14(16)17)13(7-9)19-8-18-11-3-1-2-4-12(11)19/h1-8H,(H3,16,17). The van der Waals surface area contributed by atoms with Crippen molar-refractivity contribution in [2.75, 3.05) is 0 Å². The van der Waals surface area contributed by atoms with Crippen molar-refractivity contribution in [1.29, 1.82) is 5.41 Å². The van der Waals surface area contributed by atoms with Crippen LogP contribution in [-0.4, -0.2) is 15.4 Å². The summed E-state index contributed by atoms with van der Waals surface area (Å²) in [4.78, 5) is 4.36. The van der Waals surface area contributed by atoms with Crippen LogP contribution in [0.5, 0.6) is 0 Å². The number of para-hydroxylation sites is 2. The number of nitrogens with two attached hydrogens (primary N) is 1. The zero-order chi connectivity index (χ0) is 13.4. The molecule has 0 saturated carbocycles. The Balaban J connectivity index is 2.32. The minimum Gasteiger partial charge on any atom is -0.384 e. The molecule has 0 saturated heterocycles. The molecule has 1 aromatic heterocycles. The maximum absolute atomic E-state index is 7.69. The second-order valence-electron chi connectivity index (χ2n) is 4.18. The lowest BCUT2D eigenvalue weighted by Gasteiger charge is -2.10. The summed E-state index contributed by atoms with van der Waals surface area (Å²) >= 11 is 3.45. The van der Waals surface area contributed by atoms with E-state index in [1.54, 1.807) is 6.33 Å². The third kappa shape index (κ3) is 2.02. The summed E-state index contributed by atoms with van der Waals surface area (Å²) in [7, 11) is 0. The predicted octanol–water partition coefficient (Wildman–Crippen LogP) is 3.07. The average molecular weight is 315 g/mol. The molecule has 0 fully saturated rings. The summed E-state index contributed by atoms with van der Waals surface area (Å²) in [5, 5.41) is 7.69. The first-order valence-corrected chi connectivity index (χ1v) is 6.52. The lowest BCUT2D eigenvalue weighted by atomic mass is 10.1. The summed E-state index contributed by atoms with van der Waals surface area (Å²) in [5.74, 6) is 0.0419. The van der Waals surface area contributed by atoms with Crippen molar-refractivity contribution in [2.45, 2.75) is 0 Å². The summed E-state index contributed by atoms with van der Waals surface area (Å²) in [6.45, 7) is 0. The highest BCUT2D eigenvalue weighted by molar-refractivity contribution is 9.10. The zero-order valence-corrected chi connectivity index (χ0v) is 11.6. The fourth-order valence-electron chi connectivity index (χ4n) is 2.08. The number of rotatable bonds is 2. The van der Waals surface area contributed by atoms with Gasteiger partial charge in [-0.25, -0.2) is 4.98 Å². The SMILES string of the molecule is N=C(N)c1ccc(Br)cc1-n1cnc2ccccc21. The number of aromatic nitrogens is 2. The van der Waals surface area contributed by atoms with E-state index < -0.39 is 0 Å². The molecule has 0 aliphatic carbocycles. The fourth-order valence-corrected chi connectivity index (χ4v) is 2.43. The Morgan fingerprint density at radius 3 is 2.79 bits per heavy atom. The topological polar surface area (TPSA) is 67.7 Å². The highest BCUT2D eigenvalue weighted by Crippen LogP contribution is 2.24. The summed E-state index contributed by atoms with van der Waals surface area (Å²) in [6, 6.07) is 13.5. The molecule has 5 heteroatoms. The Morgan fingerprint density at radius 1 is 1.21 bits per heavy atom. The van der Waals surface area contributed by atoms with Crippen molar-refractivity contribution in [3.05, 3.63) is 58.8 Å². The van der Waals surface area contributed by atoms with Crippen LogP contribution in [0, 0.1) is 5.41 Å². The molecule has 1 heterocycles. The van der Waals surface area contributed by atoms with E-state index in [0.29, 0.717) is 5.56 Å². The fraction of sp³-hybridized carbons (Fsp3) is 0. The van der Waals surface area contributed by atoms with E-state index >= 15 is 0 Å². The second kappa shape index (κ2) is 4.51. The molecule has 0 amide bonds. The molecule has 94 valence electrons. The molecule has 0 aliphatic rings. The molecule has 0 radical (unpaired) electrons. The number of hydrogen-bond donors (Lipinski definition) is 2. The van der Waals surface area contributed by atoms with Gasteiger partial charge in [0.05, 0.1) is 16.7 Å². The first-order chi connectivity index (χ1) is 9.16. The van der Waals surface area contributed by atoms with Gasteiger partial charge in [-0.05, 0) is 30.3 Å². The van der Waals surface area contributed by atoms with Crippen LogP contribution in [0.25, 0.3) is 16.7 Å². The molecule has 0 spiro atoms. The van der Waals surface area contributed by atoms with Gasteiger partial charge in [0, 0.05) is 10.0 Å². The number of nitrogens with one attached hydrogen (secondary N) is 1. The summed E-state index contributed by atoms with van der Waals surface area (Å²) in [6.07, 6.45) is 1.75. The first kappa shape index (κ1) is 11.9. The third-order valence-electron chi connectivity index (χ3n) is 2.96. The molecule has 0 atom stereocenters. The van der Waals surface area contributed by atoms with E-state index in [2.05, 4.69) is 20.9 Å². The second-order valence-corrected chi connectivity index (χ2v) is 5.09. The molecule has 3 N–H and O–H groups in total. The lowest BCUT2D eigenvalue weighted by molar-refractivity contribution is 1.08. The molecule has 0 unspecified atom stereocenters. The van der Waals surface area contributed by atoms with Crippen LogP contribution in [0.15, 0.2) is 53.3 Å². The van der Waals surface area contributed by atoms with E-state index in [1.807, 2.05) is 47.0 Å². The highest BCUT2D eigenvalue weighted by Gasteiger charge is 2.11. The molecular weight excluding hydrogens is 304 g/mol. The summed E-state index contributed by atoms with van der Waals surface area (Å²) < 4.78 is 2.88. The van der Waals surface area contributed by atoms with Crippen molar-refractivity contribution in [3.8, 4) is 5.69 Å². The maximum Gasteiger partial charge on any atom is 0.124 e. The van der Waals surface area contributed by atoms with Crippen LogP contribution >= 0.6 is 15.9 Å². The number of fused-ring (bicyclic) bond motifs is 1. The Morgan fingerprint density at radius 2 is 2.00 bits per heavy atom. The van der Waals surface area contributed by atoms with E-state index in [4.69, 9.17) is 11.1 Å². The number of halogens is 1. The molecule has 0 bridgehead atoms. The monoisotopic (exact) mass is 314 g/mol.